The largest absolute Gasteiger partial charge is 0.393 e. The van der Waals surface area contributed by atoms with Crippen molar-refractivity contribution in [2.75, 3.05) is 13.6 Å². The summed E-state index contributed by atoms with van der Waals surface area (Å²) in [6.45, 7) is 9.22. The Morgan fingerprint density at radius 2 is 2.00 bits per heavy atom. The smallest absolute Gasteiger partial charge is 0.0641 e. The van der Waals surface area contributed by atoms with E-state index in [4.69, 9.17) is 0 Å². The molecule has 0 radical (unpaired) electrons. The SMILES string of the molecule is CCn1nc(C)c(CN(C)CC2CCCCC2O)c1C. The van der Waals surface area contributed by atoms with Gasteiger partial charge in [-0.1, -0.05) is 12.8 Å². The van der Waals surface area contributed by atoms with Crippen LogP contribution in [0, 0.1) is 19.8 Å². The molecule has 0 aromatic carbocycles. The molecule has 1 fully saturated rings. The summed E-state index contributed by atoms with van der Waals surface area (Å²) in [5.74, 6) is 0.440. The predicted molar refractivity (Wildman–Crippen MR) is 81.7 cm³/mol. The van der Waals surface area contributed by atoms with Crippen molar-refractivity contribution < 1.29 is 5.11 Å². The normalized spacial score (nSPS) is 23.5. The van der Waals surface area contributed by atoms with E-state index in [1.807, 2.05) is 0 Å². The van der Waals surface area contributed by atoms with Gasteiger partial charge in [0.15, 0.2) is 0 Å². The van der Waals surface area contributed by atoms with E-state index in [1.165, 1.54) is 24.1 Å². The van der Waals surface area contributed by atoms with E-state index in [-0.39, 0.29) is 6.10 Å². The summed E-state index contributed by atoms with van der Waals surface area (Å²) < 4.78 is 2.08. The molecule has 2 rings (SSSR count). The van der Waals surface area contributed by atoms with Crippen LogP contribution in [0.4, 0.5) is 0 Å². The van der Waals surface area contributed by atoms with Crippen molar-refractivity contribution >= 4 is 0 Å². The Balaban J connectivity index is 1.97. The molecule has 0 amide bonds. The first kappa shape index (κ1) is 15.5. The van der Waals surface area contributed by atoms with Crippen LogP contribution >= 0.6 is 0 Å². The molecule has 4 nitrogen and oxygen atoms in total. The van der Waals surface area contributed by atoms with Crippen LogP contribution in [0.15, 0.2) is 0 Å². The molecule has 1 N–H and O–H groups in total. The van der Waals surface area contributed by atoms with E-state index in [2.05, 4.69) is 42.5 Å². The van der Waals surface area contributed by atoms with Crippen molar-refractivity contribution in [2.45, 2.75) is 65.6 Å². The number of hydrogen-bond donors (Lipinski definition) is 1. The number of aryl methyl sites for hydroxylation is 2. The average molecular weight is 279 g/mol. The number of aromatic nitrogens is 2. The zero-order chi connectivity index (χ0) is 14.7. The molecule has 1 aliphatic rings. The summed E-state index contributed by atoms with van der Waals surface area (Å²) in [6, 6.07) is 0. The van der Waals surface area contributed by atoms with Gasteiger partial charge in [-0.15, -0.1) is 0 Å². The van der Waals surface area contributed by atoms with Crippen molar-refractivity contribution in [1.82, 2.24) is 14.7 Å². The number of aliphatic hydroxyl groups is 1. The number of rotatable bonds is 5. The Labute approximate surface area is 122 Å². The molecule has 4 heteroatoms. The lowest BCUT2D eigenvalue weighted by Gasteiger charge is -2.31. The van der Waals surface area contributed by atoms with E-state index in [9.17, 15) is 5.11 Å². The second kappa shape index (κ2) is 6.72. The van der Waals surface area contributed by atoms with E-state index >= 15 is 0 Å². The van der Waals surface area contributed by atoms with Crippen LogP contribution in [0.25, 0.3) is 0 Å². The van der Waals surface area contributed by atoms with Crippen molar-refractivity contribution in [3.8, 4) is 0 Å². The molecule has 1 heterocycles. The number of nitrogens with zero attached hydrogens (tertiary/aromatic N) is 3. The highest BCUT2D eigenvalue weighted by Crippen LogP contribution is 2.25. The van der Waals surface area contributed by atoms with Gasteiger partial charge in [0.2, 0.25) is 0 Å². The van der Waals surface area contributed by atoms with Gasteiger partial charge in [0.05, 0.1) is 11.8 Å². The summed E-state index contributed by atoms with van der Waals surface area (Å²) in [5.41, 5.74) is 3.76. The summed E-state index contributed by atoms with van der Waals surface area (Å²) in [7, 11) is 2.16. The Morgan fingerprint density at radius 3 is 2.60 bits per heavy atom. The second-order valence-electron chi connectivity index (χ2n) is 6.27. The van der Waals surface area contributed by atoms with Crippen molar-refractivity contribution in [3.63, 3.8) is 0 Å². The highest BCUT2D eigenvalue weighted by atomic mass is 16.3. The van der Waals surface area contributed by atoms with Gasteiger partial charge in [-0.2, -0.15) is 5.10 Å². The molecule has 1 aromatic heterocycles. The summed E-state index contributed by atoms with van der Waals surface area (Å²) in [4.78, 5) is 2.34. The fourth-order valence-electron chi connectivity index (χ4n) is 3.41. The molecule has 0 saturated heterocycles. The highest BCUT2D eigenvalue weighted by Gasteiger charge is 2.24. The quantitative estimate of drug-likeness (QED) is 0.900. The van der Waals surface area contributed by atoms with Crippen molar-refractivity contribution in [1.29, 1.82) is 0 Å². The van der Waals surface area contributed by atoms with Gasteiger partial charge in [0.25, 0.3) is 0 Å². The Morgan fingerprint density at radius 1 is 1.30 bits per heavy atom. The van der Waals surface area contributed by atoms with E-state index in [0.29, 0.717) is 5.92 Å². The molecular weight excluding hydrogens is 250 g/mol. The first-order chi connectivity index (χ1) is 9.52. The van der Waals surface area contributed by atoms with E-state index in [0.717, 1.165) is 38.2 Å². The van der Waals surface area contributed by atoms with Crippen LogP contribution in [0.2, 0.25) is 0 Å². The average Bonchev–Trinajstić information content (AvgIpc) is 2.69. The minimum absolute atomic E-state index is 0.105. The topological polar surface area (TPSA) is 41.3 Å². The van der Waals surface area contributed by atoms with Crippen LogP contribution in [0.5, 0.6) is 0 Å². The van der Waals surface area contributed by atoms with Gasteiger partial charge in [0, 0.05) is 30.9 Å². The zero-order valence-electron chi connectivity index (χ0n) is 13.4. The first-order valence-corrected chi connectivity index (χ1v) is 7.92. The third-order valence-electron chi connectivity index (χ3n) is 4.67. The van der Waals surface area contributed by atoms with Crippen molar-refractivity contribution in [3.05, 3.63) is 17.0 Å². The minimum Gasteiger partial charge on any atom is -0.393 e. The lowest BCUT2D eigenvalue weighted by Crippen LogP contribution is -2.34. The third kappa shape index (κ3) is 3.41. The van der Waals surface area contributed by atoms with E-state index < -0.39 is 0 Å². The van der Waals surface area contributed by atoms with Crippen LogP contribution < -0.4 is 0 Å². The number of hydrogen-bond acceptors (Lipinski definition) is 3. The molecular formula is C16H29N3O. The lowest BCUT2D eigenvalue weighted by molar-refractivity contribution is 0.0501. The predicted octanol–water partition coefficient (Wildman–Crippen LogP) is 2.50. The fourth-order valence-corrected chi connectivity index (χ4v) is 3.41. The van der Waals surface area contributed by atoms with Crippen LogP contribution in [-0.2, 0) is 13.1 Å². The molecule has 114 valence electrons. The van der Waals surface area contributed by atoms with Gasteiger partial charge in [-0.05, 0) is 46.6 Å². The van der Waals surface area contributed by atoms with E-state index in [1.54, 1.807) is 0 Å². The summed E-state index contributed by atoms with van der Waals surface area (Å²) in [6.07, 6.45) is 4.48. The van der Waals surface area contributed by atoms with Crippen LogP contribution in [0.1, 0.15) is 49.6 Å². The maximum Gasteiger partial charge on any atom is 0.0641 e. The van der Waals surface area contributed by atoms with Crippen molar-refractivity contribution in [2.24, 2.45) is 5.92 Å². The molecule has 20 heavy (non-hydrogen) atoms. The Kier molecular flexibility index (Phi) is 5.22. The molecule has 0 aliphatic heterocycles. The Hall–Kier alpha value is -0.870. The lowest BCUT2D eigenvalue weighted by atomic mass is 9.86. The van der Waals surface area contributed by atoms with Gasteiger partial charge in [-0.3, -0.25) is 4.68 Å². The fraction of sp³-hybridized carbons (Fsp3) is 0.812. The standard InChI is InChI=1S/C16H29N3O/c1-5-19-13(3)15(12(2)17-19)11-18(4)10-14-8-6-7-9-16(14)20/h14,16,20H,5-11H2,1-4H3. The maximum absolute atomic E-state index is 10.1. The molecule has 1 saturated carbocycles. The monoisotopic (exact) mass is 279 g/mol. The van der Waals surface area contributed by atoms with Gasteiger partial charge in [0.1, 0.15) is 0 Å². The second-order valence-corrected chi connectivity index (χ2v) is 6.27. The van der Waals surface area contributed by atoms with Crippen LogP contribution in [0.3, 0.4) is 0 Å². The molecule has 1 aliphatic carbocycles. The van der Waals surface area contributed by atoms with Gasteiger partial charge >= 0.3 is 0 Å². The summed E-state index contributed by atoms with van der Waals surface area (Å²) >= 11 is 0. The zero-order valence-corrected chi connectivity index (χ0v) is 13.4. The molecule has 0 bridgehead atoms. The maximum atomic E-state index is 10.1. The number of aliphatic hydroxyl groups excluding tert-OH is 1. The van der Waals surface area contributed by atoms with Gasteiger partial charge in [-0.25, -0.2) is 0 Å². The van der Waals surface area contributed by atoms with Crippen LogP contribution in [-0.4, -0.2) is 39.5 Å². The van der Waals surface area contributed by atoms with Gasteiger partial charge < -0.3 is 10.0 Å². The third-order valence-corrected chi connectivity index (χ3v) is 4.67. The molecule has 2 atom stereocenters. The minimum atomic E-state index is -0.105. The Bertz CT molecular complexity index is 441. The summed E-state index contributed by atoms with van der Waals surface area (Å²) in [5, 5.41) is 14.7. The molecule has 0 spiro atoms. The first-order valence-electron chi connectivity index (χ1n) is 7.92. The molecule has 2 unspecified atom stereocenters. The molecule has 1 aromatic rings. The highest BCUT2D eigenvalue weighted by molar-refractivity contribution is 5.24.